The molecular formula is C13H23NO5. The first-order valence-electron chi connectivity index (χ1n) is 6.48. The van der Waals surface area contributed by atoms with Gasteiger partial charge >= 0.3 is 12.1 Å². The van der Waals surface area contributed by atoms with Crippen LogP contribution in [0.4, 0.5) is 4.79 Å². The molecule has 19 heavy (non-hydrogen) atoms. The molecule has 1 heterocycles. The maximum atomic E-state index is 11.8. The molecule has 1 saturated heterocycles. The van der Waals surface area contributed by atoms with Crippen molar-refractivity contribution < 1.29 is 23.8 Å². The van der Waals surface area contributed by atoms with Crippen LogP contribution in [0.3, 0.4) is 0 Å². The first-order valence-corrected chi connectivity index (χ1v) is 6.48. The Kier molecular flexibility index (Phi) is 5.60. The first-order chi connectivity index (χ1) is 8.83. The molecule has 0 aliphatic carbocycles. The van der Waals surface area contributed by atoms with Gasteiger partial charge in [-0.2, -0.15) is 0 Å². The minimum absolute atomic E-state index is 0.315. The molecule has 0 aromatic rings. The number of esters is 1. The molecule has 0 radical (unpaired) electrons. The third-order valence-electron chi connectivity index (χ3n) is 2.84. The van der Waals surface area contributed by atoms with E-state index in [0.717, 1.165) is 0 Å². The Morgan fingerprint density at radius 2 is 1.84 bits per heavy atom. The summed E-state index contributed by atoms with van der Waals surface area (Å²) >= 11 is 0. The number of rotatable bonds is 2. The molecule has 1 amide bonds. The second kappa shape index (κ2) is 6.75. The Bertz CT molecular complexity index is 323. The van der Waals surface area contributed by atoms with Crippen molar-refractivity contribution in [2.45, 2.75) is 45.3 Å². The van der Waals surface area contributed by atoms with E-state index >= 15 is 0 Å². The van der Waals surface area contributed by atoms with Crippen molar-refractivity contribution in [2.24, 2.45) is 5.92 Å². The van der Waals surface area contributed by atoms with E-state index in [2.05, 4.69) is 5.32 Å². The standard InChI is InChI=1S/C13H23NO5/c1-13(2,3)19-12(16)14-10-6-8-18-7-5-9(10)11(15)17-4/h9-10H,5-8H2,1-4H3,(H,14,16)/t9-,10+/m0/s1. The summed E-state index contributed by atoms with van der Waals surface area (Å²) in [5.41, 5.74) is -0.563. The molecule has 2 atom stereocenters. The fraction of sp³-hybridized carbons (Fsp3) is 0.846. The number of methoxy groups -OCH3 is 1. The molecule has 0 saturated carbocycles. The normalized spacial score (nSPS) is 24.2. The van der Waals surface area contributed by atoms with Gasteiger partial charge in [-0.05, 0) is 33.6 Å². The topological polar surface area (TPSA) is 73.9 Å². The van der Waals surface area contributed by atoms with E-state index < -0.39 is 11.7 Å². The fourth-order valence-corrected chi connectivity index (χ4v) is 1.99. The number of amides is 1. The Hall–Kier alpha value is -1.30. The third-order valence-corrected chi connectivity index (χ3v) is 2.84. The van der Waals surface area contributed by atoms with E-state index in [1.807, 2.05) is 0 Å². The highest BCUT2D eigenvalue weighted by atomic mass is 16.6. The van der Waals surface area contributed by atoms with Crippen LogP contribution in [-0.4, -0.2) is 44.0 Å². The Morgan fingerprint density at radius 1 is 1.21 bits per heavy atom. The van der Waals surface area contributed by atoms with E-state index in [-0.39, 0.29) is 17.9 Å². The lowest BCUT2D eigenvalue weighted by molar-refractivity contribution is -0.146. The lowest BCUT2D eigenvalue weighted by Crippen LogP contribution is -2.45. The number of hydrogen-bond donors (Lipinski definition) is 1. The average molecular weight is 273 g/mol. The molecule has 0 aromatic carbocycles. The van der Waals surface area contributed by atoms with E-state index in [1.54, 1.807) is 20.8 Å². The Labute approximate surface area is 113 Å². The summed E-state index contributed by atoms with van der Waals surface area (Å²) in [5, 5.41) is 2.74. The molecule has 0 bridgehead atoms. The van der Waals surface area contributed by atoms with Crippen LogP contribution in [0.5, 0.6) is 0 Å². The molecule has 1 aliphatic rings. The van der Waals surface area contributed by atoms with E-state index in [1.165, 1.54) is 7.11 Å². The molecule has 110 valence electrons. The molecule has 1 aliphatic heterocycles. The third kappa shape index (κ3) is 5.46. The van der Waals surface area contributed by atoms with Gasteiger partial charge in [0.2, 0.25) is 0 Å². The highest BCUT2D eigenvalue weighted by molar-refractivity contribution is 5.75. The summed E-state index contributed by atoms with van der Waals surface area (Å²) in [5.74, 6) is -0.716. The molecule has 1 fully saturated rings. The summed E-state index contributed by atoms with van der Waals surface area (Å²) in [7, 11) is 1.35. The van der Waals surface area contributed by atoms with Crippen LogP contribution in [0.1, 0.15) is 33.6 Å². The molecule has 6 heteroatoms. The maximum Gasteiger partial charge on any atom is 0.407 e. The number of alkyl carbamates (subject to hydrolysis) is 1. The zero-order valence-corrected chi connectivity index (χ0v) is 12.0. The van der Waals surface area contributed by atoms with Gasteiger partial charge in [-0.3, -0.25) is 4.79 Å². The van der Waals surface area contributed by atoms with Crippen molar-refractivity contribution in [2.75, 3.05) is 20.3 Å². The van der Waals surface area contributed by atoms with Gasteiger partial charge in [0.05, 0.1) is 13.0 Å². The summed E-state index contributed by atoms with van der Waals surface area (Å²) in [6, 6.07) is -0.315. The van der Waals surface area contributed by atoms with Gasteiger partial charge in [-0.1, -0.05) is 0 Å². The predicted octanol–water partition coefficient (Wildman–Crippen LogP) is 1.48. The van der Waals surface area contributed by atoms with Crippen molar-refractivity contribution in [3.63, 3.8) is 0 Å². The Morgan fingerprint density at radius 3 is 2.42 bits per heavy atom. The van der Waals surface area contributed by atoms with Gasteiger partial charge in [0.15, 0.2) is 0 Å². The van der Waals surface area contributed by atoms with E-state index in [9.17, 15) is 9.59 Å². The van der Waals surface area contributed by atoms with Crippen LogP contribution in [0.25, 0.3) is 0 Å². The van der Waals surface area contributed by atoms with Crippen LogP contribution >= 0.6 is 0 Å². The molecule has 0 aromatic heterocycles. The lowest BCUT2D eigenvalue weighted by Gasteiger charge is -2.26. The summed E-state index contributed by atoms with van der Waals surface area (Å²) in [6.45, 7) is 6.38. The van der Waals surface area contributed by atoms with E-state index in [0.29, 0.717) is 26.1 Å². The van der Waals surface area contributed by atoms with Gasteiger partial charge in [-0.15, -0.1) is 0 Å². The van der Waals surface area contributed by atoms with Gasteiger partial charge in [0.25, 0.3) is 0 Å². The molecule has 0 unspecified atom stereocenters. The van der Waals surface area contributed by atoms with Crippen molar-refractivity contribution in [3.05, 3.63) is 0 Å². The monoisotopic (exact) mass is 273 g/mol. The molecule has 6 nitrogen and oxygen atoms in total. The van der Waals surface area contributed by atoms with Gasteiger partial charge in [0, 0.05) is 19.3 Å². The van der Waals surface area contributed by atoms with Crippen LogP contribution in [0.2, 0.25) is 0 Å². The highest BCUT2D eigenvalue weighted by Gasteiger charge is 2.33. The number of carbonyl (C=O) groups is 2. The summed E-state index contributed by atoms with van der Waals surface area (Å²) in [4.78, 5) is 23.5. The second-order valence-electron chi connectivity index (χ2n) is 5.57. The van der Waals surface area contributed by atoms with Crippen LogP contribution in [0.15, 0.2) is 0 Å². The second-order valence-corrected chi connectivity index (χ2v) is 5.57. The number of ether oxygens (including phenoxy) is 3. The van der Waals surface area contributed by atoms with Crippen molar-refractivity contribution in [3.8, 4) is 0 Å². The fourth-order valence-electron chi connectivity index (χ4n) is 1.99. The molecule has 1 rings (SSSR count). The Balaban J connectivity index is 2.65. The van der Waals surface area contributed by atoms with Crippen molar-refractivity contribution in [1.82, 2.24) is 5.32 Å². The highest BCUT2D eigenvalue weighted by Crippen LogP contribution is 2.19. The largest absolute Gasteiger partial charge is 0.469 e. The SMILES string of the molecule is COC(=O)[C@H]1CCOCC[C@H]1NC(=O)OC(C)(C)C. The van der Waals surface area contributed by atoms with Gasteiger partial charge in [0.1, 0.15) is 5.60 Å². The minimum atomic E-state index is -0.563. The van der Waals surface area contributed by atoms with E-state index in [4.69, 9.17) is 14.2 Å². The van der Waals surface area contributed by atoms with Gasteiger partial charge in [-0.25, -0.2) is 4.79 Å². The van der Waals surface area contributed by atoms with Crippen LogP contribution < -0.4 is 5.32 Å². The molecular weight excluding hydrogens is 250 g/mol. The lowest BCUT2D eigenvalue weighted by atomic mass is 9.95. The quantitative estimate of drug-likeness (QED) is 0.771. The van der Waals surface area contributed by atoms with Crippen molar-refractivity contribution >= 4 is 12.1 Å². The molecule has 1 N–H and O–H groups in total. The molecule has 0 spiro atoms. The number of hydrogen-bond acceptors (Lipinski definition) is 5. The zero-order chi connectivity index (χ0) is 14.5. The summed E-state index contributed by atoms with van der Waals surface area (Å²) in [6.07, 6.45) is 0.583. The van der Waals surface area contributed by atoms with Crippen LogP contribution in [0, 0.1) is 5.92 Å². The zero-order valence-electron chi connectivity index (χ0n) is 12.0. The van der Waals surface area contributed by atoms with Gasteiger partial charge < -0.3 is 19.5 Å². The number of carbonyl (C=O) groups excluding carboxylic acids is 2. The predicted molar refractivity (Wildman–Crippen MR) is 68.7 cm³/mol. The van der Waals surface area contributed by atoms with Crippen molar-refractivity contribution in [1.29, 1.82) is 0 Å². The summed E-state index contributed by atoms with van der Waals surface area (Å²) < 4.78 is 15.3. The van der Waals surface area contributed by atoms with Crippen LogP contribution in [-0.2, 0) is 19.0 Å². The smallest absolute Gasteiger partial charge is 0.407 e. The first kappa shape index (κ1) is 15.8. The maximum absolute atomic E-state index is 11.8. The number of nitrogens with one attached hydrogen (secondary N) is 1. The minimum Gasteiger partial charge on any atom is -0.469 e. The average Bonchev–Trinajstić information content (AvgIpc) is 2.51.